The lowest BCUT2D eigenvalue weighted by Crippen LogP contribution is -2.19. The van der Waals surface area contributed by atoms with E-state index in [2.05, 4.69) is 20.5 Å². The summed E-state index contributed by atoms with van der Waals surface area (Å²) in [6, 6.07) is 4.76. The van der Waals surface area contributed by atoms with Crippen molar-refractivity contribution in [3.05, 3.63) is 48.0 Å². The second kappa shape index (κ2) is 6.28. The third-order valence-corrected chi connectivity index (χ3v) is 2.38. The molecule has 7 heteroatoms. The minimum Gasteiger partial charge on any atom is -0.504 e. The van der Waals surface area contributed by atoms with Crippen molar-refractivity contribution in [2.24, 2.45) is 5.10 Å². The number of hydrazone groups is 1. The molecule has 1 heterocycles. The van der Waals surface area contributed by atoms with Gasteiger partial charge in [0.25, 0.3) is 5.91 Å². The Morgan fingerprint density at radius 2 is 2.30 bits per heavy atom. The van der Waals surface area contributed by atoms with Crippen LogP contribution in [0.4, 0.5) is 0 Å². The molecule has 0 atom stereocenters. The van der Waals surface area contributed by atoms with Gasteiger partial charge in [-0.15, -0.1) is 0 Å². The second-order valence-corrected chi connectivity index (χ2v) is 3.72. The number of ether oxygens (including phenoxy) is 1. The van der Waals surface area contributed by atoms with Gasteiger partial charge in [0.15, 0.2) is 11.5 Å². The average molecular weight is 272 g/mol. The van der Waals surface area contributed by atoms with Gasteiger partial charge >= 0.3 is 0 Å². The van der Waals surface area contributed by atoms with Crippen LogP contribution in [0.2, 0.25) is 0 Å². The van der Waals surface area contributed by atoms with Crippen LogP contribution in [0.25, 0.3) is 0 Å². The van der Waals surface area contributed by atoms with Crippen molar-refractivity contribution in [2.45, 2.75) is 0 Å². The smallest absolute Gasteiger partial charge is 0.291 e. The summed E-state index contributed by atoms with van der Waals surface area (Å²) in [5.74, 6) is -0.102. The van der Waals surface area contributed by atoms with Crippen LogP contribution in [0.3, 0.4) is 0 Å². The molecule has 1 aromatic heterocycles. The van der Waals surface area contributed by atoms with Crippen LogP contribution in [0, 0.1) is 0 Å². The first-order valence-electron chi connectivity index (χ1n) is 5.67. The minimum atomic E-state index is -0.466. The van der Waals surface area contributed by atoms with Crippen LogP contribution in [0.1, 0.15) is 16.1 Å². The summed E-state index contributed by atoms with van der Waals surface area (Å²) < 4.78 is 4.92. The molecule has 2 rings (SSSR count). The molecule has 0 saturated heterocycles. The van der Waals surface area contributed by atoms with E-state index < -0.39 is 5.91 Å². The van der Waals surface area contributed by atoms with Crippen LogP contribution in [0.15, 0.2) is 41.9 Å². The van der Waals surface area contributed by atoms with E-state index in [9.17, 15) is 9.90 Å². The maximum absolute atomic E-state index is 11.6. The van der Waals surface area contributed by atoms with Gasteiger partial charge in [-0.3, -0.25) is 9.78 Å². The third-order valence-electron chi connectivity index (χ3n) is 2.38. The van der Waals surface area contributed by atoms with Crippen LogP contribution >= 0.6 is 0 Å². The Morgan fingerprint density at radius 3 is 2.95 bits per heavy atom. The number of phenols is 1. The average Bonchev–Trinajstić information content (AvgIpc) is 2.48. The van der Waals surface area contributed by atoms with E-state index in [-0.39, 0.29) is 11.4 Å². The van der Waals surface area contributed by atoms with Crippen molar-refractivity contribution >= 4 is 12.1 Å². The van der Waals surface area contributed by atoms with Gasteiger partial charge < -0.3 is 9.84 Å². The maximum Gasteiger partial charge on any atom is 0.291 e. The van der Waals surface area contributed by atoms with E-state index in [1.807, 2.05) is 0 Å². The van der Waals surface area contributed by atoms with Crippen molar-refractivity contribution in [2.75, 3.05) is 7.11 Å². The molecule has 2 aromatic rings. The van der Waals surface area contributed by atoms with E-state index in [1.165, 1.54) is 38.0 Å². The number of rotatable bonds is 4. The number of benzene rings is 1. The van der Waals surface area contributed by atoms with Gasteiger partial charge in [0.2, 0.25) is 0 Å². The summed E-state index contributed by atoms with van der Waals surface area (Å²) in [4.78, 5) is 19.2. The lowest BCUT2D eigenvalue weighted by molar-refractivity contribution is 0.0949. The molecule has 7 nitrogen and oxygen atoms in total. The number of nitrogens with zero attached hydrogens (tertiary/aromatic N) is 3. The maximum atomic E-state index is 11.6. The number of hydrogen-bond donors (Lipinski definition) is 2. The number of methoxy groups -OCH3 is 1. The Bertz CT molecular complexity index is 629. The zero-order chi connectivity index (χ0) is 14.4. The van der Waals surface area contributed by atoms with Gasteiger partial charge in [0.1, 0.15) is 5.69 Å². The summed E-state index contributed by atoms with van der Waals surface area (Å²) >= 11 is 0. The lowest BCUT2D eigenvalue weighted by Gasteiger charge is -2.03. The Balaban J connectivity index is 2.00. The second-order valence-electron chi connectivity index (χ2n) is 3.72. The third kappa shape index (κ3) is 3.29. The fourth-order valence-corrected chi connectivity index (χ4v) is 1.43. The predicted molar refractivity (Wildman–Crippen MR) is 71.8 cm³/mol. The van der Waals surface area contributed by atoms with Gasteiger partial charge in [0.05, 0.1) is 19.5 Å². The van der Waals surface area contributed by atoms with Gasteiger partial charge in [-0.2, -0.15) is 5.10 Å². The molecule has 0 spiro atoms. The number of carbonyl (C=O) groups is 1. The number of carbonyl (C=O) groups excluding carboxylic acids is 1. The Labute approximate surface area is 115 Å². The molecule has 0 bridgehead atoms. The summed E-state index contributed by atoms with van der Waals surface area (Å²) in [5.41, 5.74) is 3.09. The molecule has 0 aliphatic rings. The van der Waals surface area contributed by atoms with E-state index in [0.717, 1.165) is 0 Å². The van der Waals surface area contributed by atoms with E-state index >= 15 is 0 Å². The van der Waals surface area contributed by atoms with Crippen LogP contribution in [-0.2, 0) is 0 Å². The standard InChI is InChI=1S/C13H12N4O3/c1-20-12-3-2-9(6-11(12)18)7-16-17-13(19)10-8-14-4-5-15-10/h2-8,18H,1H3,(H,17,19)/b16-7-. The van der Waals surface area contributed by atoms with Crippen molar-refractivity contribution in [3.63, 3.8) is 0 Å². The normalized spacial score (nSPS) is 10.4. The van der Waals surface area contributed by atoms with Crippen LogP contribution in [0.5, 0.6) is 11.5 Å². The zero-order valence-electron chi connectivity index (χ0n) is 10.6. The quantitative estimate of drug-likeness (QED) is 0.638. The molecule has 1 aromatic carbocycles. The summed E-state index contributed by atoms with van der Waals surface area (Å²) in [7, 11) is 1.46. The monoisotopic (exact) mass is 272 g/mol. The van der Waals surface area contributed by atoms with Gasteiger partial charge in [-0.1, -0.05) is 0 Å². The Kier molecular flexibility index (Phi) is 4.23. The lowest BCUT2D eigenvalue weighted by atomic mass is 10.2. The first kappa shape index (κ1) is 13.5. The molecule has 20 heavy (non-hydrogen) atoms. The first-order chi connectivity index (χ1) is 9.70. The minimum absolute atomic E-state index is 0.00305. The Morgan fingerprint density at radius 1 is 1.45 bits per heavy atom. The van der Waals surface area contributed by atoms with Crippen molar-refractivity contribution < 1.29 is 14.6 Å². The molecule has 0 unspecified atom stereocenters. The van der Waals surface area contributed by atoms with Gasteiger partial charge in [-0.05, 0) is 23.8 Å². The highest BCUT2D eigenvalue weighted by Gasteiger charge is 2.04. The summed E-state index contributed by atoms with van der Waals surface area (Å²) in [5, 5.41) is 13.4. The first-order valence-corrected chi connectivity index (χ1v) is 5.67. The van der Waals surface area contributed by atoms with Gasteiger partial charge in [0, 0.05) is 12.4 Å². The van der Waals surface area contributed by atoms with Crippen molar-refractivity contribution in [1.29, 1.82) is 0 Å². The van der Waals surface area contributed by atoms with E-state index in [0.29, 0.717) is 11.3 Å². The number of phenolic OH excluding ortho intramolecular Hbond substituents is 1. The molecular weight excluding hydrogens is 260 g/mol. The van der Waals surface area contributed by atoms with Crippen molar-refractivity contribution in [1.82, 2.24) is 15.4 Å². The highest BCUT2D eigenvalue weighted by Crippen LogP contribution is 2.25. The SMILES string of the molecule is COc1ccc(/C=N\NC(=O)c2cnccn2)cc1O. The highest BCUT2D eigenvalue weighted by molar-refractivity contribution is 5.92. The fraction of sp³-hybridized carbons (Fsp3) is 0.0769. The van der Waals surface area contributed by atoms with E-state index in [4.69, 9.17) is 4.74 Å². The Hall–Kier alpha value is -2.96. The largest absolute Gasteiger partial charge is 0.504 e. The topological polar surface area (TPSA) is 96.7 Å². The molecule has 0 aliphatic carbocycles. The summed E-state index contributed by atoms with van der Waals surface area (Å²) in [6.07, 6.45) is 5.62. The molecule has 2 N–H and O–H groups in total. The van der Waals surface area contributed by atoms with Crippen LogP contribution in [-0.4, -0.2) is 34.3 Å². The number of nitrogens with one attached hydrogen (secondary N) is 1. The number of hydrogen-bond acceptors (Lipinski definition) is 6. The fourth-order valence-electron chi connectivity index (χ4n) is 1.43. The molecule has 0 aliphatic heterocycles. The number of aromatic nitrogens is 2. The molecule has 1 amide bonds. The highest BCUT2D eigenvalue weighted by atomic mass is 16.5. The van der Waals surface area contributed by atoms with Crippen LogP contribution < -0.4 is 10.2 Å². The molecule has 0 saturated carbocycles. The number of amides is 1. The predicted octanol–water partition coefficient (Wildman–Crippen LogP) is 0.955. The van der Waals surface area contributed by atoms with Crippen molar-refractivity contribution in [3.8, 4) is 11.5 Å². The van der Waals surface area contributed by atoms with Gasteiger partial charge in [-0.25, -0.2) is 10.4 Å². The van der Waals surface area contributed by atoms with E-state index in [1.54, 1.807) is 12.1 Å². The summed E-state index contributed by atoms with van der Waals surface area (Å²) in [6.45, 7) is 0. The molecule has 0 radical (unpaired) electrons. The molecule has 0 fully saturated rings. The molecular formula is C13H12N4O3. The number of aromatic hydroxyl groups is 1. The molecule has 102 valence electrons. The zero-order valence-corrected chi connectivity index (χ0v) is 10.6.